The summed E-state index contributed by atoms with van der Waals surface area (Å²) in [4.78, 5) is 13.8. The first kappa shape index (κ1) is 15.6. The van der Waals surface area contributed by atoms with Crippen molar-refractivity contribution in [1.29, 1.82) is 0 Å². The molecule has 0 unspecified atom stereocenters. The Labute approximate surface area is 150 Å². The van der Waals surface area contributed by atoms with Crippen molar-refractivity contribution >= 4 is 11.3 Å². The summed E-state index contributed by atoms with van der Waals surface area (Å²) in [6.45, 7) is 1.91. The fraction of sp³-hybridized carbons (Fsp3) is 0.0455. The maximum atomic E-state index is 12.7. The van der Waals surface area contributed by atoms with Crippen molar-refractivity contribution in [2.75, 3.05) is 0 Å². The van der Waals surface area contributed by atoms with Gasteiger partial charge in [0.1, 0.15) is 0 Å². The molecule has 4 aromatic rings. The summed E-state index contributed by atoms with van der Waals surface area (Å²) in [6, 6.07) is 26.1. The second kappa shape index (κ2) is 6.54. The van der Waals surface area contributed by atoms with Gasteiger partial charge in [-0.3, -0.25) is 4.79 Å². The topological polar surface area (TPSA) is 22.0 Å². The highest BCUT2D eigenvalue weighted by Crippen LogP contribution is 2.33. The standard InChI is InChI=1S/C22H17NOS/c1-16-20(24)15-19(21-13-8-14-25-21)23(18-11-6-3-7-12-18)22(16)17-9-4-2-5-10-17/h2-15H,1H3. The maximum absolute atomic E-state index is 12.7. The largest absolute Gasteiger partial charge is 0.308 e. The van der Waals surface area contributed by atoms with E-state index < -0.39 is 0 Å². The number of benzene rings is 2. The van der Waals surface area contributed by atoms with E-state index in [0.717, 1.165) is 33.1 Å². The van der Waals surface area contributed by atoms with Crippen molar-refractivity contribution in [3.8, 4) is 27.5 Å². The molecule has 0 aliphatic rings. The van der Waals surface area contributed by atoms with Crippen LogP contribution in [-0.4, -0.2) is 4.57 Å². The van der Waals surface area contributed by atoms with E-state index in [1.165, 1.54) is 0 Å². The highest BCUT2D eigenvalue weighted by Gasteiger charge is 2.17. The molecule has 0 atom stereocenters. The highest BCUT2D eigenvalue weighted by atomic mass is 32.1. The Kier molecular flexibility index (Phi) is 4.08. The molecule has 2 nitrogen and oxygen atoms in total. The number of hydrogen-bond acceptors (Lipinski definition) is 2. The zero-order valence-corrected chi connectivity index (χ0v) is 14.7. The van der Waals surface area contributed by atoms with Crippen LogP contribution < -0.4 is 5.43 Å². The fourth-order valence-corrected chi connectivity index (χ4v) is 3.83. The van der Waals surface area contributed by atoms with Crippen molar-refractivity contribution in [2.24, 2.45) is 0 Å². The van der Waals surface area contributed by atoms with Crippen LogP contribution in [0.15, 0.2) is 89.0 Å². The number of aromatic nitrogens is 1. The number of thiophene rings is 1. The van der Waals surface area contributed by atoms with Gasteiger partial charge >= 0.3 is 0 Å². The van der Waals surface area contributed by atoms with Crippen LogP contribution in [0.1, 0.15) is 5.56 Å². The van der Waals surface area contributed by atoms with E-state index in [9.17, 15) is 4.79 Å². The molecule has 0 aliphatic heterocycles. The molecular formula is C22H17NOS. The van der Waals surface area contributed by atoms with Gasteiger partial charge in [-0.15, -0.1) is 11.3 Å². The first-order valence-corrected chi connectivity index (χ1v) is 9.05. The van der Waals surface area contributed by atoms with Gasteiger partial charge in [-0.05, 0) is 36.1 Å². The lowest BCUT2D eigenvalue weighted by Gasteiger charge is -2.20. The molecule has 0 bridgehead atoms. The van der Waals surface area contributed by atoms with Crippen molar-refractivity contribution in [3.63, 3.8) is 0 Å². The summed E-state index contributed by atoms with van der Waals surface area (Å²) in [5, 5.41) is 2.04. The van der Waals surface area contributed by atoms with Gasteiger partial charge in [0.2, 0.25) is 0 Å². The van der Waals surface area contributed by atoms with Crippen LogP contribution in [0.25, 0.3) is 27.5 Å². The van der Waals surface area contributed by atoms with Crippen LogP contribution in [0.4, 0.5) is 0 Å². The Morgan fingerprint density at radius 2 is 1.52 bits per heavy atom. The van der Waals surface area contributed by atoms with Gasteiger partial charge in [0.25, 0.3) is 0 Å². The third-order valence-corrected chi connectivity index (χ3v) is 5.18. The number of rotatable bonds is 3. The van der Waals surface area contributed by atoms with Crippen molar-refractivity contribution in [3.05, 3.63) is 100 Å². The predicted molar refractivity (Wildman–Crippen MR) is 106 cm³/mol. The lowest BCUT2D eigenvalue weighted by atomic mass is 10.0. The highest BCUT2D eigenvalue weighted by molar-refractivity contribution is 7.13. The van der Waals surface area contributed by atoms with Crippen molar-refractivity contribution in [2.45, 2.75) is 6.92 Å². The van der Waals surface area contributed by atoms with Gasteiger partial charge in [-0.1, -0.05) is 54.6 Å². The molecule has 0 aliphatic carbocycles. The first-order chi connectivity index (χ1) is 12.3. The molecule has 0 saturated carbocycles. The third-order valence-electron chi connectivity index (χ3n) is 4.29. The SMILES string of the molecule is Cc1c(-c2ccccc2)n(-c2ccccc2)c(-c2cccs2)cc1=O. The zero-order chi connectivity index (χ0) is 17.2. The Hall–Kier alpha value is -2.91. The minimum Gasteiger partial charge on any atom is -0.308 e. The van der Waals surface area contributed by atoms with Crippen LogP contribution in [0.5, 0.6) is 0 Å². The first-order valence-electron chi connectivity index (χ1n) is 8.17. The van der Waals surface area contributed by atoms with E-state index >= 15 is 0 Å². The van der Waals surface area contributed by atoms with E-state index in [-0.39, 0.29) is 5.43 Å². The summed E-state index contributed by atoms with van der Waals surface area (Å²) in [7, 11) is 0. The Balaban J connectivity index is 2.14. The summed E-state index contributed by atoms with van der Waals surface area (Å²) < 4.78 is 2.19. The molecule has 0 fully saturated rings. The second-order valence-electron chi connectivity index (χ2n) is 5.88. The van der Waals surface area contributed by atoms with E-state index in [0.29, 0.717) is 0 Å². The second-order valence-corrected chi connectivity index (χ2v) is 6.83. The van der Waals surface area contributed by atoms with Gasteiger partial charge in [0, 0.05) is 17.3 Å². The molecule has 25 heavy (non-hydrogen) atoms. The van der Waals surface area contributed by atoms with Crippen molar-refractivity contribution < 1.29 is 0 Å². The summed E-state index contributed by atoms with van der Waals surface area (Å²) in [6.07, 6.45) is 0. The quantitative estimate of drug-likeness (QED) is 0.478. The van der Waals surface area contributed by atoms with E-state index in [1.807, 2.05) is 54.8 Å². The molecule has 122 valence electrons. The van der Waals surface area contributed by atoms with E-state index in [2.05, 4.69) is 34.9 Å². The van der Waals surface area contributed by atoms with Gasteiger partial charge in [0.15, 0.2) is 5.43 Å². The lowest BCUT2D eigenvalue weighted by Crippen LogP contribution is -2.15. The maximum Gasteiger partial charge on any atom is 0.185 e. The van der Waals surface area contributed by atoms with Gasteiger partial charge in [-0.2, -0.15) is 0 Å². The molecule has 0 spiro atoms. The van der Waals surface area contributed by atoms with E-state index in [1.54, 1.807) is 17.4 Å². The monoisotopic (exact) mass is 343 g/mol. The van der Waals surface area contributed by atoms with Crippen LogP contribution >= 0.6 is 11.3 Å². The molecule has 2 aromatic heterocycles. The number of hydrogen-bond donors (Lipinski definition) is 0. The molecule has 4 rings (SSSR count). The molecule has 0 saturated heterocycles. The molecule has 0 amide bonds. The molecule has 2 heterocycles. The Morgan fingerprint density at radius 3 is 2.16 bits per heavy atom. The summed E-state index contributed by atoms with van der Waals surface area (Å²) in [5.41, 5.74) is 4.79. The molecule has 2 aromatic carbocycles. The van der Waals surface area contributed by atoms with Gasteiger partial charge < -0.3 is 4.57 Å². The van der Waals surface area contributed by atoms with Gasteiger partial charge in [0.05, 0.1) is 16.3 Å². The summed E-state index contributed by atoms with van der Waals surface area (Å²) >= 11 is 1.64. The van der Waals surface area contributed by atoms with E-state index in [4.69, 9.17) is 0 Å². The van der Waals surface area contributed by atoms with Crippen molar-refractivity contribution in [1.82, 2.24) is 4.57 Å². The Morgan fingerprint density at radius 1 is 0.840 bits per heavy atom. The average molecular weight is 343 g/mol. The minimum absolute atomic E-state index is 0.0643. The smallest absolute Gasteiger partial charge is 0.185 e. The Bertz CT molecular complexity index is 1050. The molecule has 3 heteroatoms. The summed E-state index contributed by atoms with van der Waals surface area (Å²) in [5.74, 6) is 0. The predicted octanol–water partition coefficient (Wildman–Crippen LogP) is 5.54. The van der Waals surface area contributed by atoms with Crippen LogP contribution in [-0.2, 0) is 0 Å². The minimum atomic E-state index is 0.0643. The average Bonchev–Trinajstić information content (AvgIpc) is 3.19. The number of pyridine rings is 1. The lowest BCUT2D eigenvalue weighted by molar-refractivity contribution is 1.04. The number of para-hydroxylation sites is 1. The zero-order valence-electron chi connectivity index (χ0n) is 13.8. The van der Waals surface area contributed by atoms with Crippen LogP contribution in [0, 0.1) is 6.92 Å². The normalized spacial score (nSPS) is 10.8. The molecule has 0 N–H and O–H groups in total. The fourth-order valence-electron chi connectivity index (χ4n) is 3.09. The van der Waals surface area contributed by atoms with Gasteiger partial charge in [-0.25, -0.2) is 0 Å². The van der Waals surface area contributed by atoms with Crippen LogP contribution in [0.2, 0.25) is 0 Å². The number of nitrogens with zero attached hydrogens (tertiary/aromatic N) is 1. The van der Waals surface area contributed by atoms with Crippen LogP contribution in [0.3, 0.4) is 0 Å². The third kappa shape index (κ3) is 2.83. The molecular weight excluding hydrogens is 326 g/mol. The molecule has 0 radical (unpaired) electrons.